The maximum absolute atomic E-state index is 5.48. The van der Waals surface area contributed by atoms with E-state index < -0.39 is 0 Å². The van der Waals surface area contributed by atoms with E-state index in [1.807, 2.05) is 11.8 Å². The maximum Gasteiger partial charge on any atom is 0.239 e. The van der Waals surface area contributed by atoms with Crippen LogP contribution in [-0.4, -0.2) is 15.2 Å². The molecule has 1 saturated carbocycles. The normalized spacial score (nSPS) is 16.3. The van der Waals surface area contributed by atoms with Gasteiger partial charge in [-0.1, -0.05) is 19.8 Å². The molecular weight excluding hydrogens is 276 g/mol. The van der Waals surface area contributed by atoms with E-state index in [0.29, 0.717) is 11.2 Å². The van der Waals surface area contributed by atoms with E-state index in [4.69, 9.17) is 5.84 Å². The molecule has 0 bridgehead atoms. The standard InChI is InChI=1S/C13H18N4S2/c1-2-8-7-10-11(18-8)15-13(17-14)16-12(10)19-9-5-3-4-6-9/h7,9H,2-6,14H2,1H3,(H,15,16,17). The molecular formula is C13H18N4S2. The number of nitrogens with two attached hydrogens (primary N) is 1. The van der Waals surface area contributed by atoms with Crippen molar-refractivity contribution >= 4 is 39.3 Å². The van der Waals surface area contributed by atoms with Crippen LogP contribution in [0.3, 0.4) is 0 Å². The van der Waals surface area contributed by atoms with Crippen LogP contribution in [-0.2, 0) is 6.42 Å². The molecule has 0 unspecified atom stereocenters. The molecule has 0 radical (unpaired) electrons. The first kappa shape index (κ1) is 13.1. The molecule has 0 aliphatic heterocycles. The van der Waals surface area contributed by atoms with Crippen LogP contribution in [0, 0.1) is 0 Å². The molecule has 2 aromatic rings. The van der Waals surface area contributed by atoms with Crippen molar-refractivity contribution < 1.29 is 0 Å². The molecule has 2 heterocycles. The van der Waals surface area contributed by atoms with Crippen molar-refractivity contribution in [2.24, 2.45) is 5.84 Å². The minimum atomic E-state index is 0.525. The van der Waals surface area contributed by atoms with E-state index in [0.717, 1.165) is 16.3 Å². The first-order valence-electron chi connectivity index (χ1n) is 6.74. The highest BCUT2D eigenvalue weighted by atomic mass is 32.2. The summed E-state index contributed by atoms with van der Waals surface area (Å²) in [6.45, 7) is 2.17. The molecule has 0 saturated heterocycles. The van der Waals surface area contributed by atoms with Gasteiger partial charge < -0.3 is 0 Å². The number of thiophene rings is 1. The lowest BCUT2D eigenvalue weighted by Gasteiger charge is -2.09. The summed E-state index contributed by atoms with van der Waals surface area (Å²) in [5, 5.41) is 2.98. The number of hydrogen-bond donors (Lipinski definition) is 2. The summed E-state index contributed by atoms with van der Waals surface area (Å²) in [5.41, 5.74) is 2.58. The molecule has 3 rings (SSSR count). The maximum atomic E-state index is 5.48. The van der Waals surface area contributed by atoms with Crippen molar-refractivity contribution in [1.29, 1.82) is 0 Å². The summed E-state index contributed by atoms with van der Waals surface area (Å²) in [4.78, 5) is 11.4. The van der Waals surface area contributed by atoms with Crippen LogP contribution in [0.2, 0.25) is 0 Å². The molecule has 19 heavy (non-hydrogen) atoms. The van der Waals surface area contributed by atoms with Crippen LogP contribution in [0.5, 0.6) is 0 Å². The quantitative estimate of drug-likeness (QED) is 0.513. The number of aromatic nitrogens is 2. The lowest BCUT2D eigenvalue weighted by Crippen LogP contribution is -2.11. The average molecular weight is 294 g/mol. The Labute approximate surface area is 121 Å². The zero-order valence-electron chi connectivity index (χ0n) is 11.0. The van der Waals surface area contributed by atoms with Gasteiger partial charge >= 0.3 is 0 Å². The Kier molecular flexibility index (Phi) is 3.91. The second kappa shape index (κ2) is 5.64. The first-order chi connectivity index (χ1) is 9.30. The highest BCUT2D eigenvalue weighted by Crippen LogP contribution is 2.39. The highest BCUT2D eigenvalue weighted by molar-refractivity contribution is 8.00. The van der Waals surface area contributed by atoms with Gasteiger partial charge in [0.2, 0.25) is 5.95 Å². The average Bonchev–Trinajstić information content (AvgIpc) is 3.06. The van der Waals surface area contributed by atoms with Crippen molar-refractivity contribution in [3.63, 3.8) is 0 Å². The number of anilines is 1. The van der Waals surface area contributed by atoms with E-state index >= 15 is 0 Å². The molecule has 1 fully saturated rings. The Balaban J connectivity index is 2.01. The van der Waals surface area contributed by atoms with Crippen LogP contribution >= 0.6 is 23.1 Å². The van der Waals surface area contributed by atoms with Gasteiger partial charge in [0.05, 0.1) is 0 Å². The van der Waals surface area contributed by atoms with Crippen LogP contribution in [0.15, 0.2) is 11.1 Å². The number of hydrazine groups is 1. The third kappa shape index (κ3) is 2.70. The first-order valence-corrected chi connectivity index (χ1v) is 8.43. The molecule has 0 atom stereocenters. The van der Waals surface area contributed by atoms with Gasteiger partial charge in [0.1, 0.15) is 9.86 Å². The molecule has 102 valence electrons. The zero-order chi connectivity index (χ0) is 13.2. The lowest BCUT2D eigenvalue weighted by atomic mass is 10.3. The molecule has 3 N–H and O–H groups in total. The largest absolute Gasteiger partial charge is 0.292 e. The third-order valence-electron chi connectivity index (χ3n) is 3.47. The fourth-order valence-electron chi connectivity index (χ4n) is 2.44. The number of nitrogen functional groups attached to an aromatic ring is 1. The van der Waals surface area contributed by atoms with Crippen molar-refractivity contribution in [2.45, 2.75) is 49.3 Å². The molecule has 0 aromatic carbocycles. The van der Waals surface area contributed by atoms with Crippen molar-refractivity contribution in [2.75, 3.05) is 5.43 Å². The molecule has 4 nitrogen and oxygen atoms in total. The summed E-state index contributed by atoms with van der Waals surface area (Å²) in [6.07, 6.45) is 6.33. The van der Waals surface area contributed by atoms with Crippen LogP contribution in [0.1, 0.15) is 37.5 Å². The number of rotatable bonds is 4. The molecule has 0 amide bonds. The van der Waals surface area contributed by atoms with Gasteiger partial charge in [0.25, 0.3) is 0 Å². The lowest BCUT2D eigenvalue weighted by molar-refractivity contribution is 0.886. The Bertz CT molecular complexity index is 575. The van der Waals surface area contributed by atoms with Crippen molar-refractivity contribution in [1.82, 2.24) is 9.97 Å². The Morgan fingerprint density at radius 2 is 2.21 bits per heavy atom. The minimum Gasteiger partial charge on any atom is -0.292 e. The van der Waals surface area contributed by atoms with Crippen LogP contribution < -0.4 is 11.3 Å². The Hall–Kier alpha value is -0.850. The van der Waals surface area contributed by atoms with Gasteiger partial charge in [-0.15, -0.1) is 23.1 Å². The summed E-state index contributed by atoms with van der Waals surface area (Å²) < 4.78 is 0. The number of fused-ring (bicyclic) bond motifs is 1. The summed E-state index contributed by atoms with van der Waals surface area (Å²) in [7, 11) is 0. The van der Waals surface area contributed by atoms with E-state index in [-0.39, 0.29) is 0 Å². The summed E-state index contributed by atoms with van der Waals surface area (Å²) >= 11 is 3.63. The van der Waals surface area contributed by atoms with Gasteiger partial charge in [-0.2, -0.15) is 0 Å². The number of aryl methyl sites for hydroxylation is 1. The van der Waals surface area contributed by atoms with Gasteiger partial charge in [0.15, 0.2) is 0 Å². The van der Waals surface area contributed by atoms with Crippen molar-refractivity contribution in [3.05, 3.63) is 10.9 Å². The van der Waals surface area contributed by atoms with E-state index in [2.05, 4.69) is 28.4 Å². The van der Waals surface area contributed by atoms with E-state index in [1.165, 1.54) is 35.9 Å². The Morgan fingerprint density at radius 1 is 1.42 bits per heavy atom. The predicted octanol–water partition coefficient (Wildman–Crippen LogP) is 3.57. The summed E-state index contributed by atoms with van der Waals surface area (Å²) in [6, 6.07) is 2.23. The number of hydrogen-bond acceptors (Lipinski definition) is 6. The minimum absolute atomic E-state index is 0.525. The van der Waals surface area contributed by atoms with E-state index in [1.54, 1.807) is 11.3 Å². The highest BCUT2D eigenvalue weighted by Gasteiger charge is 2.20. The van der Waals surface area contributed by atoms with E-state index in [9.17, 15) is 0 Å². The van der Waals surface area contributed by atoms with Crippen LogP contribution in [0.25, 0.3) is 10.2 Å². The van der Waals surface area contributed by atoms with Gasteiger partial charge in [-0.25, -0.2) is 15.8 Å². The smallest absolute Gasteiger partial charge is 0.239 e. The second-order valence-electron chi connectivity index (χ2n) is 4.81. The number of nitrogens with one attached hydrogen (secondary N) is 1. The number of nitrogens with zero attached hydrogens (tertiary/aromatic N) is 2. The predicted molar refractivity (Wildman–Crippen MR) is 82.7 cm³/mol. The third-order valence-corrected chi connectivity index (χ3v) is 5.98. The number of thioether (sulfide) groups is 1. The van der Waals surface area contributed by atoms with Gasteiger partial charge in [-0.3, -0.25) is 5.43 Å². The fraction of sp³-hybridized carbons (Fsp3) is 0.538. The Morgan fingerprint density at radius 3 is 2.89 bits per heavy atom. The molecule has 1 aliphatic rings. The summed E-state index contributed by atoms with van der Waals surface area (Å²) in [5.74, 6) is 6.00. The monoisotopic (exact) mass is 294 g/mol. The fourth-order valence-corrected chi connectivity index (χ4v) is 4.78. The van der Waals surface area contributed by atoms with Gasteiger partial charge in [-0.05, 0) is 25.3 Å². The molecule has 2 aromatic heterocycles. The molecule has 0 spiro atoms. The SMILES string of the molecule is CCc1cc2c(SC3CCCC3)nc(NN)nc2s1. The van der Waals surface area contributed by atoms with Gasteiger partial charge in [0, 0.05) is 15.5 Å². The molecule has 6 heteroatoms. The second-order valence-corrected chi connectivity index (χ2v) is 7.21. The van der Waals surface area contributed by atoms with Crippen molar-refractivity contribution in [3.8, 4) is 0 Å². The topological polar surface area (TPSA) is 63.8 Å². The molecule has 1 aliphatic carbocycles. The van der Waals surface area contributed by atoms with Crippen LogP contribution in [0.4, 0.5) is 5.95 Å². The zero-order valence-corrected chi connectivity index (χ0v) is 12.6.